The standard InChI is InChI=1S/C15H17ClN2O3/c16-12-7-3-4-8-13(12)21-10-15(20)18-17-14(19)9-11-5-1-2-6-11/h1,3-5,7-8,11H,2,6,9-10H2,(H,17,19)(H,18,20)/t11-/m1/s1. The van der Waals surface area contributed by atoms with Crippen molar-refractivity contribution in [3.63, 3.8) is 0 Å². The number of allylic oxidation sites excluding steroid dienone is 2. The van der Waals surface area contributed by atoms with E-state index >= 15 is 0 Å². The van der Waals surface area contributed by atoms with Crippen molar-refractivity contribution in [1.29, 1.82) is 0 Å². The highest BCUT2D eigenvalue weighted by molar-refractivity contribution is 6.32. The SMILES string of the molecule is O=C(COc1ccccc1Cl)NNC(=O)C[C@@H]1C=CCC1. The normalized spacial score (nSPS) is 16.5. The monoisotopic (exact) mass is 308 g/mol. The number of hydrazine groups is 1. The Labute approximate surface area is 128 Å². The number of hydrogen-bond acceptors (Lipinski definition) is 3. The lowest BCUT2D eigenvalue weighted by molar-refractivity contribution is -0.130. The van der Waals surface area contributed by atoms with Crippen molar-refractivity contribution in [3.05, 3.63) is 41.4 Å². The van der Waals surface area contributed by atoms with Gasteiger partial charge in [-0.05, 0) is 30.9 Å². The Morgan fingerprint density at radius 2 is 2.00 bits per heavy atom. The molecule has 2 amide bonds. The number of hydrogen-bond donors (Lipinski definition) is 2. The predicted molar refractivity (Wildman–Crippen MR) is 79.7 cm³/mol. The highest BCUT2D eigenvalue weighted by Crippen LogP contribution is 2.22. The molecule has 0 unspecified atom stereocenters. The number of ether oxygens (including phenoxy) is 1. The lowest BCUT2D eigenvalue weighted by Crippen LogP contribution is -2.44. The van der Waals surface area contributed by atoms with Crippen LogP contribution in [0, 0.1) is 5.92 Å². The second-order valence-electron chi connectivity index (χ2n) is 4.79. The molecule has 0 aliphatic heterocycles. The summed E-state index contributed by atoms with van der Waals surface area (Å²) in [5.41, 5.74) is 4.69. The number of carbonyl (C=O) groups is 2. The Balaban J connectivity index is 1.66. The molecule has 1 aliphatic carbocycles. The molecule has 2 rings (SSSR count). The average Bonchev–Trinajstić information content (AvgIpc) is 2.97. The number of amides is 2. The maximum absolute atomic E-state index is 11.6. The smallest absolute Gasteiger partial charge is 0.276 e. The quantitative estimate of drug-likeness (QED) is 0.647. The molecule has 1 aromatic rings. The molecule has 21 heavy (non-hydrogen) atoms. The van der Waals surface area contributed by atoms with Gasteiger partial charge in [-0.3, -0.25) is 20.4 Å². The number of nitrogens with one attached hydrogen (secondary N) is 2. The van der Waals surface area contributed by atoms with Crippen LogP contribution in [0.4, 0.5) is 0 Å². The van der Waals surface area contributed by atoms with Gasteiger partial charge < -0.3 is 4.74 Å². The van der Waals surface area contributed by atoms with E-state index in [-0.39, 0.29) is 18.4 Å². The van der Waals surface area contributed by atoms with Gasteiger partial charge in [0.1, 0.15) is 5.75 Å². The molecule has 1 aromatic carbocycles. The summed E-state index contributed by atoms with van der Waals surface area (Å²) in [4.78, 5) is 23.2. The van der Waals surface area contributed by atoms with Crippen LogP contribution in [0.25, 0.3) is 0 Å². The van der Waals surface area contributed by atoms with Crippen molar-refractivity contribution in [3.8, 4) is 5.75 Å². The largest absolute Gasteiger partial charge is 0.482 e. The summed E-state index contributed by atoms with van der Waals surface area (Å²) in [6.07, 6.45) is 6.46. The average molecular weight is 309 g/mol. The van der Waals surface area contributed by atoms with Crippen LogP contribution in [0.1, 0.15) is 19.3 Å². The van der Waals surface area contributed by atoms with Gasteiger partial charge in [0.05, 0.1) is 5.02 Å². The van der Waals surface area contributed by atoms with Crippen LogP contribution in [-0.2, 0) is 9.59 Å². The molecule has 0 saturated heterocycles. The Morgan fingerprint density at radius 3 is 2.71 bits per heavy atom. The van der Waals surface area contributed by atoms with Gasteiger partial charge in [-0.15, -0.1) is 0 Å². The molecule has 5 nitrogen and oxygen atoms in total. The molecular weight excluding hydrogens is 292 g/mol. The van der Waals surface area contributed by atoms with Crippen LogP contribution in [0.5, 0.6) is 5.75 Å². The van der Waals surface area contributed by atoms with Crippen LogP contribution in [-0.4, -0.2) is 18.4 Å². The van der Waals surface area contributed by atoms with E-state index in [0.29, 0.717) is 17.2 Å². The van der Waals surface area contributed by atoms with Gasteiger partial charge in [0.25, 0.3) is 5.91 Å². The summed E-state index contributed by atoms with van der Waals surface area (Å²) < 4.78 is 5.26. The van der Waals surface area contributed by atoms with Crippen LogP contribution in [0.2, 0.25) is 5.02 Å². The summed E-state index contributed by atoms with van der Waals surface area (Å²) in [7, 11) is 0. The van der Waals surface area contributed by atoms with Crippen LogP contribution in [0.3, 0.4) is 0 Å². The zero-order chi connectivity index (χ0) is 15.1. The minimum atomic E-state index is -0.440. The van der Waals surface area contributed by atoms with Gasteiger partial charge in [0.2, 0.25) is 5.91 Å². The molecule has 1 atom stereocenters. The zero-order valence-corrected chi connectivity index (χ0v) is 12.2. The molecule has 0 radical (unpaired) electrons. The molecule has 0 bridgehead atoms. The minimum Gasteiger partial charge on any atom is -0.482 e. The number of benzene rings is 1. The van der Waals surface area contributed by atoms with Gasteiger partial charge in [0, 0.05) is 6.42 Å². The molecule has 0 heterocycles. The predicted octanol–water partition coefficient (Wildman–Crippen LogP) is 2.22. The summed E-state index contributed by atoms with van der Waals surface area (Å²) in [5, 5.41) is 0.433. The van der Waals surface area contributed by atoms with Gasteiger partial charge in [-0.1, -0.05) is 35.9 Å². The summed E-state index contributed by atoms with van der Waals surface area (Å²) in [6, 6.07) is 6.87. The van der Waals surface area contributed by atoms with Gasteiger partial charge in [0.15, 0.2) is 6.61 Å². The fourth-order valence-corrected chi connectivity index (χ4v) is 2.23. The summed E-state index contributed by atoms with van der Waals surface area (Å²) in [6.45, 7) is -0.215. The van der Waals surface area contributed by atoms with E-state index < -0.39 is 5.91 Å². The topological polar surface area (TPSA) is 67.4 Å². The lowest BCUT2D eigenvalue weighted by Gasteiger charge is -2.11. The van der Waals surface area contributed by atoms with Crippen molar-refractivity contribution in [1.82, 2.24) is 10.9 Å². The number of para-hydroxylation sites is 1. The van der Waals surface area contributed by atoms with Crippen LogP contribution in [0.15, 0.2) is 36.4 Å². The highest BCUT2D eigenvalue weighted by atomic mass is 35.5. The molecule has 112 valence electrons. The van der Waals surface area contributed by atoms with Crippen molar-refractivity contribution in [2.24, 2.45) is 5.92 Å². The Bertz CT molecular complexity index is 545. The fraction of sp³-hybridized carbons (Fsp3) is 0.333. The Kier molecular flexibility index (Phi) is 5.63. The van der Waals surface area contributed by atoms with E-state index in [0.717, 1.165) is 12.8 Å². The number of carbonyl (C=O) groups excluding carboxylic acids is 2. The van der Waals surface area contributed by atoms with Gasteiger partial charge >= 0.3 is 0 Å². The molecule has 0 saturated carbocycles. The van der Waals surface area contributed by atoms with E-state index in [4.69, 9.17) is 16.3 Å². The van der Waals surface area contributed by atoms with E-state index in [2.05, 4.69) is 16.9 Å². The third-order valence-electron chi connectivity index (χ3n) is 3.10. The fourth-order valence-electron chi connectivity index (χ4n) is 2.04. The second-order valence-corrected chi connectivity index (χ2v) is 5.19. The Morgan fingerprint density at radius 1 is 1.24 bits per heavy atom. The van der Waals surface area contributed by atoms with Crippen molar-refractivity contribution < 1.29 is 14.3 Å². The Hall–Kier alpha value is -2.01. The van der Waals surface area contributed by atoms with Gasteiger partial charge in [-0.2, -0.15) is 0 Å². The lowest BCUT2D eigenvalue weighted by atomic mass is 10.1. The van der Waals surface area contributed by atoms with E-state index in [1.165, 1.54) is 0 Å². The highest BCUT2D eigenvalue weighted by Gasteiger charge is 2.14. The van der Waals surface area contributed by atoms with Crippen molar-refractivity contribution >= 4 is 23.4 Å². The summed E-state index contributed by atoms with van der Waals surface area (Å²) in [5.74, 6) is 0.0425. The third-order valence-corrected chi connectivity index (χ3v) is 3.41. The maximum atomic E-state index is 11.6. The first kappa shape index (κ1) is 15.4. The van der Waals surface area contributed by atoms with Crippen LogP contribution >= 0.6 is 11.6 Å². The third kappa shape index (κ3) is 5.11. The first-order valence-corrected chi connectivity index (χ1v) is 7.14. The molecule has 0 spiro atoms. The van der Waals surface area contributed by atoms with E-state index in [9.17, 15) is 9.59 Å². The summed E-state index contributed by atoms with van der Waals surface area (Å²) >= 11 is 5.90. The molecule has 0 fully saturated rings. The van der Waals surface area contributed by atoms with E-state index in [1.54, 1.807) is 24.3 Å². The first-order chi connectivity index (χ1) is 10.1. The first-order valence-electron chi connectivity index (χ1n) is 6.77. The molecule has 1 aliphatic rings. The molecular formula is C15H17ClN2O3. The number of rotatable bonds is 5. The van der Waals surface area contributed by atoms with Crippen molar-refractivity contribution in [2.45, 2.75) is 19.3 Å². The molecule has 2 N–H and O–H groups in total. The second kappa shape index (κ2) is 7.69. The molecule has 0 aromatic heterocycles. The maximum Gasteiger partial charge on any atom is 0.276 e. The molecule has 6 heteroatoms. The number of halogens is 1. The minimum absolute atomic E-state index is 0.211. The van der Waals surface area contributed by atoms with Crippen molar-refractivity contribution in [2.75, 3.05) is 6.61 Å². The van der Waals surface area contributed by atoms with E-state index in [1.807, 2.05) is 6.08 Å². The van der Waals surface area contributed by atoms with Gasteiger partial charge in [-0.25, -0.2) is 0 Å². The van der Waals surface area contributed by atoms with Crippen LogP contribution < -0.4 is 15.6 Å². The zero-order valence-electron chi connectivity index (χ0n) is 11.5.